The summed E-state index contributed by atoms with van der Waals surface area (Å²) in [7, 11) is 0. The molecule has 6 aromatic carbocycles. The Bertz CT molecular complexity index is 3140. The zero-order valence-corrected chi connectivity index (χ0v) is 44.8. The molecule has 67 heavy (non-hydrogen) atoms. The van der Waals surface area contributed by atoms with Gasteiger partial charge in [0.2, 0.25) is 0 Å². The Hall–Kier alpha value is -5.07. The normalized spacial score (nSPS) is 14.2. The maximum Gasteiger partial charge on any atom is 0 e. The molecule has 0 aliphatic heterocycles. The van der Waals surface area contributed by atoms with E-state index in [9.17, 15) is 0 Å². The summed E-state index contributed by atoms with van der Waals surface area (Å²) < 4.78 is 10.7. The molecule has 3 aromatic heterocycles. The molecule has 0 N–H and O–H groups in total. The van der Waals surface area contributed by atoms with Gasteiger partial charge in [-0.25, -0.2) is 0 Å². The summed E-state index contributed by atoms with van der Waals surface area (Å²) in [6.45, 7) is 9.18. The molecular formula is C61H63GeIrN3O-2. The Morgan fingerprint density at radius 2 is 1.39 bits per heavy atom. The first-order chi connectivity index (χ1) is 32.0. The molecule has 343 valence electrons. The van der Waals surface area contributed by atoms with Crippen molar-refractivity contribution in [1.82, 2.24) is 14.5 Å². The van der Waals surface area contributed by atoms with Crippen LogP contribution >= 0.6 is 0 Å². The van der Waals surface area contributed by atoms with Gasteiger partial charge in [-0.15, -0.1) is 18.2 Å². The van der Waals surface area contributed by atoms with Crippen molar-refractivity contribution in [3.8, 4) is 39.5 Å². The van der Waals surface area contributed by atoms with Crippen molar-refractivity contribution in [1.29, 1.82) is 0 Å². The molecule has 3 heterocycles. The second-order valence-electron chi connectivity index (χ2n) is 20.6. The summed E-state index contributed by atoms with van der Waals surface area (Å²) in [4.78, 5) is 10.1. The fourth-order valence-electron chi connectivity index (χ4n) is 10.7. The van der Waals surface area contributed by atoms with E-state index in [4.69, 9.17) is 14.4 Å². The summed E-state index contributed by atoms with van der Waals surface area (Å²) in [5.41, 5.74) is 17.8. The number of pyridine rings is 1. The summed E-state index contributed by atoms with van der Waals surface area (Å²) in [6.07, 6.45) is 13.9. The van der Waals surface area contributed by atoms with Gasteiger partial charge in [-0.2, -0.15) is 0 Å². The molecule has 1 fully saturated rings. The van der Waals surface area contributed by atoms with E-state index in [1.54, 1.807) is 9.96 Å². The number of nitrogens with zero attached hydrogens (tertiary/aromatic N) is 3. The molecule has 0 saturated heterocycles. The number of fused-ring (bicyclic) bond motifs is 5. The molecular weight excluding hydrogens is 1060 g/mol. The molecule has 2 aliphatic rings. The van der Waals surface area contributed by atoms with Crippen LogP contribution in [0.1, 0.15) is 106 Å². The van der Waals surface area contributed by atoms with Crippen LogP contribution in [0.2, 0.25) is 17.3 Å². The molecule has 1 saturated carbocycles. The van der Waals surface area contributed by atoms with Gasteiger partial charge in [0, 0.05) is 31.2 Å². The molecule has 0 spiro atoms. The maximum atomic E-state index is 6.74. The Morgan fingerprint density at radius 1 is 0.701 bits per heavy atom. The van der Waals surface area contributed by atoms with Gasteiger partial charge in [0.25, 0.3) is 0 Å². The van der Waals surface area contributed by atoms with Gasteiger partial charge in [0.15, 0.2) is 0 Å². The number of imidazole rings is 1. The predicted molar refractivity (Wildman–Crippen MR) is 280 cm³/mol. The zero-order chi connectivity index (χ0) is 45.5. The average molecular weight is 1120 g/mol. The van der Waals surface area contributed by atoms with E-state index < -0.39 is 13.3 Å². The van der Waals surface area contributed by atoms with E-state index in [-0.39, 0.29) is 20.1 Å². The number of rotatable bonds is 9. The van der Waals surface area contributed by atoms with E-state index in [0.29, 0.717) is 11.8 Å². The maximum absolute atomic E-state index is 6.74. The Morgan fingerprint density at radius 3 is 2.07 bits per heavy atom. The molecule has 11 rings (SSSR count). The standard InChI is InChI=1S/C41H37N2O.C20H26GeN.Ir/c1-25(2)33-22-30(27-13-6-5-7-14-27)23-34(26(3)4)39(33)43-37-20-11-10-19-36(37)42-41(43)32-18-12-17-31-35-21-28-15-8-9-16-29(28)24-38(35)44-40(31)32;1-21(2,3)19-15-22-20(17-11-5-4-6-12-17)14-18(19)13-16-9-7-8-10-16;/h5-7,10-14,17,19-26H,8-9,15-16H2,1-4H3;4-6,11,14-16H,7-10,13H2,1-3H3;/q2*-1;. The largest absolute Gasteiger partial charge is 0 e. The van der Waals surface area contributed by atoms with E-state index >= 15 is 0 Å². The third-order valence-corrected chi connectivity index (χ3v) is 18.5. The molecule has 9 aromatic rings. The number of aromatic nitrogens is 3. The Labute approximate surface area is 414 Å². The van der Waals surface area contributed by atoms with Crippen molar-refractivity contribution in [2.75, 3.05) is 0 Å². The molecule has 1 radical (unpaired) electrons. The summed E-state index contributed by atoms with van der Waals surface area (Å²) >= 11 is -1.87. The van der Waals surface area contributed by atoms with E-state index in [1.807, 2.05) is 18.2 Å². The molecule has 0 atom stereocenters. The van der Waals surface area contributed by atoms with Gasteiger partial charge in [0.1, 0.15) is 5.58 Å². The van der Waals surface area contributed by atoms with Crippen LogP contribution < -0.4 is 4.40 Å². The van der Waals surface area contributed by atoms with Crippen LogP contribution in [0.25, 0.3) is 72.4 Å². The zero-order valence-electron chi connectivity index (χ0n) is 40.3. The van der Waals surface area contributed by atoms with Crippen LogP contribution in [0.5, 0.6) is 0 Å². The van der Waals surface area contributed by atoms with E-state index in [1.165, 1.54) is 89.4 Å². The van der Waals surface area contributed by atoms with Gasteiger partial charge in [-0.1, -0.05) is 81.1 Å². The van der Waals surface area contributed by atoms with Crippen LogP contribution in [0.3, 0.4) is 0 Å². The van der Waals surface area contributed by atoms with Gasteiger partial charge in [-0.05, 0) is 107 Å². The first-order valence-corrected chi connectivity index (χ1v) is 31.9. The number of hydrogen-bond acceptors (Lipinski definition) is 3. The van der Waals surface area contributed by atoms with Crippen LogP contribution in [0.4, 0.5) is 0 Å². The molecule has 0 amide bonds. The number of hydrogen-bond donors (Lipinski definition) is 0. The molecule has 0 bridgehead atoms. The molecule has 0 unspecified atom stereocenters. The third kappa shape index (κ3) is 9.54. The van der Waals surface area contributed by atoms with Crippen LogP contribution in [0.15, 0.2) is 132 Å². The van der Waals surface area contributed by atoms with Crippen LogP contribution in [0, 0.1) is 18.1 Å². The summed E-state index contributed by atoms with van der Waals surface area (Å²) in [6, 6.07) is 50.3. The molecule has 2 aliphatic carbocycles. The van der Waals surface area contributed by atoms with Crippen LogP contribution in [-0.2, 0) is 39.4 Å². The minimum Gasteiger partial charge on any atom is 0 e. The SMILES string of the molecule is CC(C)c1cc(-c2ccccc2)cc(C(C)C)c1-n1c(-c2[c-]ccc3c2oc2cc4c(cc23)CCCC4)nc2ccccc21.[CH3][Ge]([CH3])([CH3])[c]1cnc(-c2[c-]cccc2)cc1CC1CCCC1.[Ir]. The second kappa shape index (κ2) is 19.9. The van der Waals surface area contributed by atoms with Gasteiger partial charge in [-0.3, -0.25) is 4.98 Å². The number of furan rings is 1. The Kier molecular flexibility index (Phi) is 13.9. The summed E-state index contributed by atoms with van der Waals surface area (Å²) in [5.74, 6) is 9.79. The fraction of sp³-hybridized carbons (Fsp3) is 0.311. The van der Waals surface area contributed by atoms with E-state index in [0.717, 1.165) is 69.0 Å². The first-order valence-electron chi connectivity index (χ1n) is 24.6. The van der Waals surface area contributed by atoms with Crippen molar-refractivity contribution < 1.29 is 24.5 Å². The van der Waals surface area contributed by atoms with Crippen molar-refractivity contribution in [3.05, 3.63) is 167 Å². The van der Waals surface area contributed by atoms with Gasteiger partial charge in [0.05, 0.1) is 22.4 Å². The number of aryl methyl sites for hydroxylation is 2. The van der Waals surface area contributed by atoms with Gasteiger partial charge >= 0.3 is 137 Å². The third-order valence-electron chi connectivity index (χ3n) is 14.2. The molecule has 6 heteroatoms. The van der Waals surface area contributed by atoms with Crippen molar-refractivity contribution in [3.63, 3.8) is 0 Å². The number of para-hydroxylation sites is 2. The van der Waals surface area contributed by atoms with E-state index in [2.05, 4.69) is 171 Å². The Balaban J connectivity index is 0.000000206. The second-order valence-corrected chi connectivity index (χ2v) is 31.1. The molecule has 4 nitrogen and oxygen atoms in total. The van der Waals surface area contributed by atoms with Crippen molar-refractivity contribution in [2.45, 2.75) is 115 Å². The first kappa shape index (κ1) is 47.0. The topological polar surface area (TPSA) is 43.9 Å². The van der Waals surface area contributed by atoms with Crippen molar-refractivity contribution in [2.24, 2.45) is 5.92 Å². The average Bonchev–Trinajstić information content (AvgIpc) is 4.08. The fourth-order valence-corrected chi connectivity index (χ4v) is 14.1. The smallest absolute Gasteiger partial charge is 0 e. The van der Waals surface area contributed by atoms with Crippen molar-refractivity contribution >= 4 is 50.6 Å². The minimum atomic E-state index is -1.87. The predicted octanol–water partition coefficient (Wildman–Crippen LogP) is 16.0. The summed E-state index contributed by atoms with van der Waals surface area (Å²) in [5, 5.41) is 2.32. The monoisotopic (exact) mass is 1120 g/mol. The number of benzene rings is 6. The minimum absolute atomic E-state index is 0. The quantitative estimate of drug-likeness (QED) is 0.107. The van der Waals surface area contributed by atoms with Gasteiger partial charge < -0.3 is 8.98 Å². The van der Waals surface area contributed by atoms with Crippen LogP contribution in [-0.4, -0.2) is 27.8 Å².